The Kier molecular flexibility index (Phi) is 4.11. The van der Waals surface area contributed by atoms with E-state index in [1.54, 1.807) is 11.0 Å². The van der Waals surface area contributed by atoms with Crippen LogP contribution in [0.2, 0.25) is 0 Å². The first-order chi connectivity index (χ1) is 12.9. The molecule has 0 radical (unpaired) electrons. The van der Waals surface area contributed by atoms with E-state index >= 15 is 0 Å². The molecule has 3 aromatic rings. The average molecular weight is 370 g/mol. The smallest absolute Gasteiger partial charge is 0.293 e. The zero-order valence-electron chi connectivity index (χ0n) is 15.1. The number of rotatable bonds is 2. The molecule has 1 amide bonds. The standard InChI is InChI=1S/C18H19FN6O2/c1-11-10-12(2)25-17(21-11)22-15(23-25)16(26)24-8-5-18(27,6-9-24)13-4-3-7-20-14(13)19/h3-4,7,10,27H,5-6,8-9H2,1-2H3. The van der Waals surface area contributed by atoms with Crippen LogP contribution in [0.3, 0.4) is 0 Å². The third-order valence-corrected chi connectivity index (χ3v) is 4.95. The molecule has 0 aliphatic carbocycles. The van der Waals surface area contributed by atoms with Gasteiger partial charge in [-0.05, 0) is 38.8 Å². The number of aliphatic hydroxyl groups is 1. The molecule has 140 valence electrons. The highest BCUT2D eigenvalue weighted by atomic mass is 19.1. The van der Waals surface area contributed by atoms with Crippen molar-refractivity contribution in [3.8, 4) is 0 Å². The van der Waals surface area contributed by atoms with Crippen LogP contribution in [0.25, 0.3) is 5.78 Å². The highest BCUT2D eigenvalue weighted by Crippen LogP contribution is 2.34. The average Bonchev–Trinajstić information content (AvgIpc) is 3.06. The number of amides is 1. The second kappa shape index (κ2) is 6.34. The Morgan fingerprint density at radius 1 is 1.26 bits per heavy atom. The van der Waals surface area contributed by atoms with Crippen LogP contribution in [0.4, 0.5) is 4.39 Å². The van der Waals surface area contributed by atoms with E-state index in [1.165, 1.54) is 16.8 Å². The topological polar surface area (TPSA) is 96.5 Å². The molecule has 0 unspecified atom stereocenters. The molecule has 3 aromatic heterocycles. The van der Waals surface area contributed by atoms with E-state index in [4.69, 9.17) is 0 Å². The summed E-state index contributed by atoms with van der Waals surface area (Å²) < 4.78 is 15.5. The fourth-order valence-corrected chi connectivity index (χ4v) is 3.48. The van der Waals surface area contributed by atoms with Crippen LogP contribution >= 0.6 is 0 Å². The van der Waals surface area contributed by atoms with Gasteiger partial charge in [0.15, 0.2) is 0 Å². The minimum Gasteiger partial charge on any atom is -0.385 e. The van der Waals surface area contributed by atoms with E-state index < -0.39 is 11.5 Å². The number of aryl methyl sites for hydroxylation is 2. The summed E-state index contributed by atoms with van der Waals surface area (Å²) in [6, 6.07) is 4.98. The van der Waals surface area contributed by atoms with E-state index in [0.29, 0.717) is 5.78 Å². The van der Waals surface area contributed by atoms with Crippen molar-refractivity contribution in [2.24, 2.45) is 0 Å². The molecule has 27 heavy (non-hydrogen) atoms. The Morgan fingerprint density at radius 2 is 2.00 bits per heavy atom. The summed E-state index contributed by atoms with van der Waals surface area (Å²) in [6.45, 7) is 4.26. The fraction of sp³-hybridized carbons (Fsp3) is 0.389. The molecule has 1 aliphatic heterocycles. The van der Waals surface area contributed by atoms with Crippen LogP contribution in [0.15, 0.2) is 24.4 Å². The Balaban J connectivity index is 1.54. The molecule has 4 heterocycles. The summed E-state index contributed by atoms with van der Waals surface area (Å²) in [4.78, 5) is 26.5. The van der Waals surface area contributed by atoms with E-state index in [9.17, 15) is 14.3 Å². The number of halogens is 1. The van der Waals surface area contributed by atoms with Gasteiger partial charge in [0, 0.05) is 36.2 Å². The zero-order chi connectivity index (χ0) is 19.2. The first-order valence-corrected chi connectivity index (χ1v) is 8.71. The van der Waals surface area contributed by atoms with Crippen molar-refractivity contribution in [3.63, 3.8) is 0 Å². The maximum Gasteiger partial charge on any atom is 0.293 e. The minimum atomic E-state index is -1.34. The number of fused-ring (bicyclic) bond motifs is 1. The van der Waals surface area contributed by atoms with Gasteiger partial charge in [0.05, 0.1) is 5.60 Å². The van der Waals surface area contributed by atoms with Crippen molar-refractivity contribution in [1.29, 1.82) is 0 Å². The Hall–Kier alpha value is -2.94. The number of likely N-dealkylation sites (tertiary alicyclic amines) is 1. The number of pyridine rings is 1. The van der Waals surface area contributed by atoms with Crippen molar-refractivity contribution in [3.05, 3.63) is 53.1 Å². The van der Waals surface area contributed by atoms with E-state index in [2.05, 4.69) is 20.1 Å². The monoisotopic (exact) mass is 370 g/mol. The van der Waals surface area contributed by atoms with Crippen molar-refractivity contribution < 1.29 is 14.3 Å². The molecule has 0 spiro atoms. The summed E-state index contributed by atoms with van der Waals surface area (Å²) in [6.07, 6.45) is 1.77. The third-order valence-electron chi connectivity index (χ3n) is 4.95. The lowest BCUT2D eigenvalue weighted by molar-refractivity contribution is -0.0243. The molecule has 1 aliphatic rings. The Morgan fingerprint density at radius 3 is 2.70 bits per heavy atom. The van der Waals surface area contributed by atoms with Crippen LogP contribution < -0.4 is 0 Å². The fourth-order valence-electron chi connectivity index (χ4n) is 3.48. The van der Waals surface area contributed by atoms with Gasteiger partial charge < -0.3 is 10.0 Å². The number of hydrogen-bond acceptors (Lipinski definition) is 6. The molecule has 0 bridgehead atoms. The molecule has 1 fully saturated rings. The maximum atomic E-state index is 13.9. The number of hydrogen-bond donors (Lipinski definition) is 1. The Bertz CT molecular complexity index is 1030. The molecule has 0 saturated carbocycles. The predicted octanol–water partition coefficient (Wildman–Crippen LogP) is 1.40. The van der Waals surface area contributed by atoms with Gasteiger partial charge in [-0.25, -0.2) is 14.5 Å². The van der Waals surface area contributed by atoms with Gasteiger partial charge in [-0.3, -0.25) is 4.79 Å². The van der Waals surface area contributed by atoms with Crippen LogP contribution in [0.1, 0.15) is 40.4 Å². The van der Waals surface area contributed by atoms with Crippen LogP contribution in [0, 0.1) is 19.8 Å². The lowest BCUT2D eigenvalue weighted by Gasteiger charge is -2.37. The number of carbonyl (C=O) groups is 1. The normalized spacial score (nSPS) is 16.7. The molecule has 8 nitrogen and oxygen atoms in total. The molecule has 0 aromatic carbocycles. The Labute approximate surface area is 154 Å². The van der Waals surface area contributed by atoms with Crippen LogP contribution in [0.5, 0.6) is 0 Å². The van der Waals surface area contributed by atoms with Gasteiger partial charge in [-0.1, -0.05) is 6.07 Å². The SMILES string of the molecule is Cc1cc(C)n2nc(C(=O)N3CCC(O)(c4cccnc4F)CC3)nc2n1. The molecule has 0 atom stereocenters. The lowest BCUT2D eigenvalue weighted by Crippen LogP contribution is -2.45. The number of aromatic nitrogens is 5. The molecule has 4 rings (SSSR count). The number of carbonyl (C=O) groups excluding carboxylic acids is 1. The second-order valence-electron chi connectivity index (χ2n) is 6.85. The van der Waals surface area contributed by atoms with E-state index in [-0.39, 0.29) is 43.2 Å². The zero-order valence-corrected chi connectivity index (χ0v) is 15.1. The van der Waals surface area contributed by atoms with Crippen molar-refractivity contribution in [2.45, 2.75) is 32.3 Å². The first kappa shape index (κ1) is 17.5. The third kappa shape index (κ3) is 3.03. The largest absolute Gasteiger partial charge is 0.385 e. The van der Waals surface area contributed by atoms with Gasteiger partial charge in [0.1, 0.15) is 0 Å². The van der Waals surface area contributed by atoms with Crippen molar-refractivity contribution in [2.75, 3.05) is 13.1 Å². The summed E-state index contributed by atoms with van der Waals surface area (Å²) in [5.74, 6) is -0.569. The molecule has 1 saturated heterocycles. The van der Waals surface area contributed by atoms with E-state index in [0.717, 1.165) is 11.4 Å². The summed E-state index contributed by atoms with van der Waals surface area (Å²) in [5.41, 5.74) is 0.465. The maximum absolute atomic E-state index is 13.9. The van der Waals surface area contributed by atoms with Gasteiger partial charge in [-0.2, -0.15) is 9.37 Å². The van der Waals surface area contributed by atoms with Crippen LogP contribution in [-0.2, 0) is 5.60 Å². The minimum absolute atomic E-state index is 0.0641. The summed E-state index contributed by atoms with van der Waals surface area (Å²) in [5, 5.41) is 15.1. The second-order valence-corrected chi connectivity index (χ2v) is 6.85. The molecule has 9 heteroatoms. The lowest BCUT2D eigenvalue weighted by atomic mass is 9.85. The van der Waals surface area contributed by atoms with Gasteiger partial charge >= 0.3 is 0 Å². The van der Waals surface area contributed by atoms with Crippen molar-refractivity contribution in [1.82, 2.24) is 29.5 Å². The molecular weight excluding hydrogens is 351 g/mol. The van der Waals surface area contributed by atoms with Gasteiger partial charge in [0.25, 0.3) is 11.7 Å². The van der Waals surface area contributed by atoms with Crippen LogP contribution in [-0.4, -0.2) is 53.6 Å². The number of piperidine rings is 1. The summed E-state index contributed by atoms with van der Waals surface area (Å²) >= 11 is 0. The predicted molar refractivity (Wildman–Crippen MR) is 93.5 cm³/mol. The van der Waals surface area contributed by atoms with Crippen molar-refractivity contribution >= 4 is 11.7 Å². The molecule has 1 N–H and O–H groups in total. The quantitative estimate of drug-likeness (QED) is 0.685. The molecular formula is C18H19FN6O2. The first-order valence-electron chi connectivity index (χ1n) is 8.71. The summed E-state index contributed by atoms with van der Waals surface area (Å²) in [7, 11) is 0. The highest BCUT2D eigenvalue weighted by Gasteiger charge is 2.38. The number of nitrogens with zero attached hydrogens (tertiary/aromatic N) is 6. The van der Waals surface area contributed by atoms with Gasteiger partial charge in [0.2, 0.25) is 11.8 Å². The van der Waals surface area contributed by atoms with Gasteiger partial charge in [-0.15, -0.1) is 5.10 Å². The highest BCUT2D eigenvalue weighted by molar-refractivity contribution is 5.91. The van der Waals surface area contributed by atoms with E-state index in [1.807, 2.05) is 19.9 Å².